The molecule has 22 heavy (non-hydrogen) atoms. The van der Waals surface area contributed by atoms with Crippen molar-refractivity contribution in [3.8, 4) is 0 Å². The van der Waals surface area contributed by atoms with Gasteiger partial charge < -0.3 is 4.42 Å². The topological polar surface area (TPSA) is 50.5 Å². The molecule has 0 bridgehead atoms. The Labute approximate surface area is 140 Å². The van der Waals surface area contributed by atoms with Gasteiger partial charge in [0.2, 0.25) is 0 Å². The standard InChI is InChI=1S/C15H17Cl2NO3S/c1-11-3-5-13(21-11)10-18(2)7-8-22(19,20)15-9-12(16)4-6-14(15)17/h3-6,9H,7-8,10H2,1-2H3. The van der Waals surface area contributed by atoms with E-state index in [1.165, 1.54) is 12.1 Å². The van der Waals surface area contributed by atoms with Crippen molar-refractivity contribution in [3.05, 3.63) is 51.9 Å². The number of furan rings is 1. The van der Waals surface area contributed by atoms with Crippen LogP contribution >= 0.6 is 23.2 Å². The summed E-state index contributed by atoms with van der Waals surface area (Å²) in [6.45, 7) is 2.78. The molecular formula is C15H17Cl2NO3S. The molecule has 0 saturated heterocycles. The van der Waals surface area contributed by atoms with Crippen LogP contribution in [-0.2, 0) is 16.4 Å². The Morgan fingerprint density at radius 3 is 2.55 bits per heavy atom. The van der Waals surface area contributed by atoms with Gasteiger partial charge >= 0.3 is 0 Å². The molecule has 7 heteroatoms. The molecule has 0 aliphatic carbocycles. The summed E-state index contributed by atoms with van der Waals surface area (Å²) in [4.78, 5) is 1.96. The van der Waals surface area contributed by atoms with Crippen molar-refractivity contribution in [2.45, 2.75) is 18.4 Å². The average molecular weight is 362 g/mol. The molecule has 4 nitrogen and oxygen atoms in total. The van der Waals surface area contributed by atoms with Gasteiger partial charge in [-0.05, 0) is 44.3 Å². The Morgan fingerprint density at radius 2 is 1.91 bits per heavy atom. The monoisotopic (exact) mass is 361 g/mol. The van der Waals surface area contributed by atoms with E-state index in [0.29, 0.717) is 18.1 Å². The molecular weight excluding hydrogens is 345 g/mol. The Kier molecular flexibility index (Phi) is 5.55. The molecule has 1 heterocycles. The van der Waals surface area contributed by atoms with Gasteiger partial charge in [-0.3, -0.25) is 4.90 Å². The highest BCUT2D eigenvalue weighted by atomic mass is 35.5. The highest BCUT2D eigenvalue weighted by Crippen LogP contribution is 2.26. The van der Waals surface area contributed by atoms with Crippen LogP contribution in [0.3, 0.4) is 0 Å². The van der Waals surface area contributed by atoms with Crippen molar-refractivity contribution in [2.75, 3.05) is 19.3 Å². The van der Waals surface area contributed by atoms with Gasteiger partial charge in [0.05, 0.1) is 22.2 Å². The van der Waals surface area contributed by atoms with Crippen LogP contribution < -0.4 is 0 Å². The molecule has 0 radical (unpaired) electrons. The van der Waals surface area contributed by atoms with Crippen molar-refractivity contribution < 1.29 is 12.8 Å². The zero-order valence-electron chi connectivity index (χ0n) is 12.3. The lowest BCUT2D eigenvalue weighted by Crippen LogP contribution is -2.25. The lowest BCUT2D eigenvalue weighted by atomic mass is 10.4. The maximum Gasteiger partial charge on any atom is 0.181 e. The van der Waals surface area contributed by atoms with E-state index in [2.05, 4.69) is 0 Å². The first-order valence-corrected chi connectivity index (χ1v) is 9.10. The van der Waals surface area contributed by atoms with Gasteiger partial charge in [-0.2, -0.15) is 0 Å². The minimum Gasteiger partial charge on any atom is -0.465 e. The van der Waals surface area contributed by atoms with Crippen LogP contribution in [0.15, 0.2) is 39.6 Å². The van der Waals surface area contributed by atoms with Gasteiger partial charge in [0.25, 0.3) is 0 Å². The Bertz CT molecular complexity index is 756. The van der Waals surface area contributed by atoms with Crippen LogP contribution in [0.4, 0.5) is 0 Å². The molecule has 0 aliphatic rings. The van der Waals surface area contributed by atoms with E-state index >= 15 is 0 Å². The number of sulfone groups is 1. The number of benzene rings is 1. The zero-order valence-corrected chi connectivity index (χ0v) is 14.7. The average Bonchev–Trinajstić information content (AvgIpc) is 2.84. The number of nitrogens with zero attached hydrogens (tertiary/aromatic N) is 1. The third-order valence-corrected chi connectivity index (χ3v) is 5.60. The summed E-state index contributed by atoms with van der Waals surface area (Å²) in [6, 6.07) is 8.20. The van der Waals surface area contributed by atoms with E-state index in [9.17, 15) is 8.42 Å². The molecule has 0 N–H and O–H groups in total. The summed E-state index contributed by atoms with van der Waals surface area (Å²) in [5.41, 5.74) is 0. The number of hydrogen-bond acceptors (Lipinski definition) is 4. The van der Waals surface area contributed by atoms with Gasteiger partial charge in [-0.15, -0.1) is 0 Å². The van der Waals surface area contributed by atoms with Crippen LogP contribution in [0.1, 0.15) is 11.5 Å². The fourth-order valence-corrected chi connectivity index (χ4v) is 4.17. The Hall–Kier alpha value is -1.01. The molecule has 0 atom stereocenters. The van der Waals surface area contributed by atoms with Crippen LogP contribution in [0.2, 0.25) is 10.0 Å². The zero-order chi connectivity index (χ0) is 16.3. The summed E-state index contributed by atoms with van der Waals surface area (Å²) >= 11 is 11.8. The predicted molar refractivity (Wildman–Crippen MR) is 88.3 cm³/mol. The van der Waals surface area contributed by atoms with Gasteiger partial charge in [-0.1, -0.05) is 23.2 Å². The van der Waals surface area contributed by atoms with Crippen LogP contribution in [0.5, 0.6) is 0 Å². The number of halogens is 2. The molecule has 0 spiro atoms. The van der Waals surface area contributed by atoms with Crippen molar-refractivity contribution in [2.24, 2.45) is 0 Å². The number of rotatable bonds is 6. The largest absolute Gasteiger partial charge is 0.465 e. The van der Waals surface area contributed by atoms with E-state index in [1.807, 2.05) is 31.0 Å². The van der Waals surface area contributed by atoms with Crippen LogP contribution in [0.25, 0.3) is 0 Å². The van der Waals surface area contributed by atoms with Gasteiger partial charge in [0.1, 0.15) is 11.5 Å². The van der Waals surface area contributed by atoms with Crippen molar-refractivity contribution in [1.82, 2.24) is 4.90 Å². The summed E-state index contributed by atoms with van der Waals surface area (Å²) in [7, 11) is -1.64. The summed E-state index contributed by atoms with van der Waals surface area (Å²) in [5, 5.41) is 0.538. The maximum absolute atomic E-state index is 12.4. The number of hydrogen-bond donors (Lipinski definition) is 0. The molecule has 0 fully saturated rings. The quantitative estimate of drug-likeness (QED) is 0.784. The van der Waals surface area contributed by atoms with Crippen molar-refractivity contribution >= 4 is 33.0 Å². The van der Waals surface area contributed by atoms with E-state index in [0.717, 1.165) is 11.5 Å². The first-order valence-electron chi connectivity index (χ1n) is 6.69. The fraction of sp³-hybridized carbons (Fsp3) is 0.333. The maximum atomic E-state index is 12.4. The number of aryl methyl sites for hydroxylation is 1. The Morgan fingerprint density at radius 1 is 1.18 bits per heavy atom. The third-order valence-electron chi connectivity index (χ3n) is 3.19. The van der Waals surface area contributed by atoms with E-state index in [4.69, 9.17) is 27.6 Å². The second-order valence-corrected chi connectivity index (χ2v) is 8.06. The predicted octanol–water partition coefficient (Wildman–Crippen LogP) is 3.80. The second kappa shape index (κ2) is 7.04. The minimum atomic E-state index is -3.48. The molecule has 0 amide bonds. The molecule has 2 rings (SSSR count). The molecule has 0 unspecified atom stereocenters. The summed E-state index contributed by atoms with van der Waals surface area (Å²) in [5.74, 6) is 1.60. The summed E-state index contributed by atoms with van der Waals surface area (Å²) < 4.78 is 30.2. The third kappa shape index (κ3) is 4.49. The van der Waals surface area contributed by atoms with Crippen LogP contribution in [0, 0.1) is 6.92 Å². The molecule has 1 aromatic carbocycles. The molecule has 1 aromatic heterocycles. The van der Waals surface area contributed by atoms with Crippen molar-refractivity contribution in [3.63, 3.8) is 0 Å². The van der Waals surface area contributed by atoms with E-state index in [1.54, 1.807) is 6.07 Å². The first-order chi connectivity index (χ1) is 10.3. The van der Waals surface area contributed by atoms with E-state index < -0.39 is 9.84 Å². The first kappa shape index (κ1) is 17.3. The lowest BCUT2D eigenvalue weighted by Gasteiger charge is -2.15. The highest BCUT2D eigenvalue weighted by Gasteiger charge is 2.19. The summed E-state index contributed by atoms with van der Waals surface area (Å²) in [6.07, 6.45) is 0. The van der Waals surface area contributed by atoms with Gasteiger partial charge in [0, 0.05) is 11.6 Å². The van der Waals surface area contributed by atoms with Gasteiger partial charge in [0.15, 0.2) is 9.84 Å². The molecule has 2 aromatic rings. The van der Waals surface area contributed by atoms with E-state index in [-0.39, 0.29) is 15.7 Å². The fourth-order valence-electron chi connectivity index (χ4n) is 2.02. The highest BCUT2D eigenvalue weighted by molar-refractivity contribution is 7.91. The smallest absolute Gasteiger partial charge is 0.181 e. The molecule has 120 valence electrons. The van der Waals surface area contributed by atoms with Crippen molar-refractivity contribution in [1.29, 1.82) is 0 Å². The normalized spacial score (nSPS) is 12.0. The lowest BCUT2D eigenvalue weighted by molar-refractivity contribution is 0.306. The molecule has 0 saturated carbocycles. The Balaban J connectivity index is 2.01. The SMILES string of the molecule is Cc1ccc(CN(C)CCS(=O)(=O)c2cc(Cl)ccc2Cl)o1. The minimum absolute atomic E-state index is 0.0384. The van der Waals surface area contributed by atoms with Crippen LogP contribution in [-0.4, -0.2) is 32.7 Å². The molecule has 0 aliphatic heterocycles. The second-order valence-electron chi connectivity index (χ2n) is 5.14. The van der Waals surface area contributed by atoms with Gasteiger partial charge in [-0.25, -0.2) is 8.42 Å².